The van der Waals surface area contributed by atoms with Crippen LogP contribution in [0.3, 0.4) is 0 Å². The number of nitrogens with one attached hydrogen (secondary N) is 1. The minimum Gasteiger partial charge on any atom is -0.381 e. The molecule has 2 aromatic heterocycles. The smallest absolute Gasteiger partial charge is 0.222 e. The highest BCUT2D eigenvalue weighted by molar-refractivity contribution is 8.00. The molecule has 1 fully saturated rings. The molecular weight excluding hydrogens is 517 g/mol. The molecular formula is C24H18ClF3N4OS2. The summed E-state index contributed by atoms with van der Waals surface area (Å²) < 4.78 is 51.5. The van der Waals surface area contributed by atoms with Crippen LogP contribution in [0.4, 0.5) is 18.9 Å². The van der Waals surface area contributed by atoms with Crippen molar-refractivity contribution in [3.63, 3.8) is 0 Å². The summed E-state index contributed by atoms with van der Waals surface area (Å²) >= 11 is 8.27. The van der Waals surface area contributed by atoms with E-state index in [1.807, 2.05) is 0 Å². The Morgan fingerprint density at radius 2 is 1.89 bits per heavy atom. The SMILES string of the molecule is Fc1ccc(F)c(SNc2cccc(-c3nc(C4CCOCC4)sc3-c3ccnc(Cl)n3)c2F)c1. The topological polar surface area (TPSA) is 59.9 Å². The van der Waals surface area contributed by atoms with Crippen LogP contribution in [-0.2, 0) is 4.74 Å². The Labute approximate surface area is 212 Å². The number of hydrogen-bond acceptors (Lipinski definition) is 7. The van der Waals surface area contributed by atoms with E-state index in [9.17, 15) is 8.78 Å². The number of thiazole rings is 1. The van der Waals surface area contributed by atoms with Crippen molar-refractivity contribution in [2.24, 2.45) is 0 Å². The van der Waals surface area contributed by atoms with E-state index in [1.165, 1.54) is 17.4 Å². The number of benzene rings is 2. The van der Waals surface area contributed by atoms with Gasteiger partial charge in [-0.25, -0.2) is 28.1 Å². The van der Waals surface area contributed by atoms with Crippen LogP contribution in [0.25, 0.3) is 21.8 Å². The molecule has 0 atom stereocenters. The summed E-state index contributed by atoms with van der Waals surface area (Å²) in [5.41, 5.74) is 1.36. The number of ether oxygens (including phenoxy) is 1. The molecule has 2 aromatic carbocycles. The summed E-state index contributed by atoms with van der Waals surface area (Å²) in [6.45, 7) is 1.30. The molecule has 1 saturated heterocycles. The molecule has 1 aliphatic rings. The van der Waals surface area contributed by atoms with Crippen LogP contribution in [0.2, 0.25) is 5.28 Å². The lowest BCUT2D eigenvalue weighted by atomic mass is 10.0. The largest absolute Gasteiger partial charge is 0.381 e. The fourth-order valence-electron chi connectivity index (χ4n) is 3.73. The van der Waals surface area contributed by atoms with Gasteiger partial charge < -0.3 is 9.46 Å². The van der Waals surface area contributed by atoms with E-state index in [0.29, 0.717) is 29.5 Å². The number of aromatic nitrogens is 3. The monoisotopic (exact) mass is 534 g/mol. The zero-order chi connectivity index (χ0) is 24.4. The van der Waals surface area contributed by atoms with Crippen LogP contribution in [0, 0.1) is 17.5 Å². The summed E-state index contributed by atoms with van der Waals surface area (Å²) in [6, 6.07) is 9.64. The van der Waals surface area contributed by atoms with Gasteiger partial charge in [0.15, 0.2) is 5.82 Å². The molecule has 3 heterocycles. The first kappa shape index (κ1) is 24.1. The van der Waals surface area contributed by atoms with Gasteiger partial charge in [-0.3, -0.25) is 0 Å². The van der Waals surface area contributed by atoms with Gasteiger partial charge in [0, 0.05) is 30.9 Å². The highest BCUT2D eigenvalue weighted by Gasteiger charge is 2.25. The quantitative estimate of drug-likeness (QED) is 0.206. The molecule has 5 nitrogen and oxygen atoms in total. The van der Waals surface area contributed by atoms with Gasteiger partial charge in [0.1, 0.15) is 11.6 Å². The van der Waals surface area contributed by atoms with Crippen LogP contribution in [0.1, 0.15) is 23.8 Å². The van der Waals surface area contributed by atoms with E-state index >= 15 is 4.39 Å². The molecule has 180 valence electrons. The Morgan fingerprint density at radius 1 is 1.06 bits per heavy atom. The van der Waals surface area contributed by atoms with Crippen molar-refractivity contribution >= 4 is 40.6 Å². The second kappa shape index (κ2) is 10.5. The van der Waals surface area contributed by atoms with Crippen molar-refractivity contribution in [1.82, 2.24) is 15.0 Å². The molecule has 0 unspecified atom stereocenters. The van der Waals surface area contributed by atoms with Crippen molar-refractivity contribution < 1.29 is 17.9 Å². The first-order valence-corrected chi connectivity index (χ1v) is 12.7. The number of anilines is 1. The highest BCUT2D eigenvalue weighted by Crippen LogP contribution is 2.42. The third-order valence-corrected chi connectivity index (χ3v) is 7.77. The molecule has 4 aromatic rings. The second-order valence-electron chi connectivity index (χ2n) is 7.77. The van der Waals surface area contributed by atoms with Crippen LogP contribution in [-0.4, -0.2) is 28.2 Å². The third kappa shape index (κ3) is 5.30. The van der Waals surface area contributed by atoms with Gasteiger partial charge in [0.25, 0.3) is 0 Å². The number of rotatable bonds is 6. The molecule has 0 radical (unpaired) electrons. The Morgan fingerprint density at radius 3 is 2.69 bits per heavy atom. The van der Waals surface area contributed by atoms with Crippen molar-refractivity contribution in [1.29, 1.82) is 0 Å². The van der Waals surface area contributed by atoms with E-state index in [2.05, 4.69) is 14.7 Å². The van der Waals surface area contributed by atoms with Gasteiger partial charge in [0.2, 0.25) is 5.28 Å². The lowest BCUT2D eigenvalue weighted by Crippen LogP contribution is -2.13. The maximum absolute atomic E-state index is 15.7. The van der Waals surface area contributed by atoms with Crippen molar-refractivity contribution in [3.8, 4) is 21.8 Å². The number of hydrogen-bond donors (Lipinski definition) is 1. The Kier molecular flexibility index (Phi) is 7.24. The maximum Gasteiger partial charge on any atom is 0.222 e. The van der Waals surface area contributed by atoms with Gasteiger partial charge >= 0.3 is 0 Å². The zero-order valence-electron chi connectivity index (χ0n) is 18.1. The van der Waals surface area contributed by atoms with Gasteiger partial charge in [0.05, 0.1) is 31.9 Å². The van der Waals surface area contributed by atoms with Crippen molar-refractivity contribution in [2.45, 2.75) is 23.7 Å². The molecule has 1 aliphatic heterocycles. The lowest BCUT2D eigenvalue weighted by Gasteiger charge is -2.19. The summed E-state index contributed by atoms with van der Waals surface area (Å²) in [4.78, 5) is 13.8. The highest BCUT2D eigenvalue weighted by atomic mass is 35.5. The standard InChI is InChI=1S/C24H18ClF3N4OS2/c25-24-29-9-6-18(30-24)22-21(31-23(34-22)13-7-10-33-11-8-13)15-2-1-3-17(20(15)28)32-35-19-12-14(26)4-5-16(19)27/h1-6,9,12-13,32H,7-8,10-11H2. The Hall–Kier alpha value is -2.66. The summed E-state index contributed by atoms with van der Waals surface area (Å²) in [5, 5.41) is 0.959. The normalized spacial score (nSPS) is 14.3. The molecule has 1 N–H and O–H groups in total. The minimum atomic E-state index is -0.607. The molecule has 0 spiro atoms. The molecule has 0 aliphatic carbocycles. The average Bonchev–Trinajstić information content (AvgIpc) is 3.31. The summed E-state index contributed by atoms with van der Waals surface area (Å²) in [6.07, 6.45) is 3.20. The minimum absolute atomic E-state index is 0.0154. The average molecular weight is 535 g/mol. The van der Waals surface area contributed by atoms with E-state index < -0.39 is 17.5 Å². The molecule has 11 heteroatoms. The summed E-state index contributed by atoms with van der Waals surface area (Å²) in [7, 11) is 0. The van der Waals surface area contributed by atoms with Crippen molar-refractivity contribution in [3.05, 3.63) is 76.4 Å². The predicted molar refractivity (Wildman–Crippen MR) is 132 cm³/mol. The summed E-state index contributed by atoms with van der Waals surface area (Å²) in [5.74, 6) is -1.55. The van der Waals surface area contributed by atoms with Crippen LogP contribution in [0.5, 0.6) is 0 Å². The molecule has 5 rings (SSSR count). The lowest BCUT2D eigenvalue weighted by molar-refractivity contribution is 0.0853. The van der Waals surface area contributed by atoms with Gasteiger partial charge in [-0.1, -0.05) is 6.07 Å². The van der Waals surface area contributed by atoms with E-state index in [-0.39, 0.29) is 27.3 Å². The van der Waals surface area contributed by atoms with Crippen LogP contribution in [0.15, 0.2) is 53.6 Å². The molecule has 0 bridgehead atoms. The van der Waals surface area contributed by atoms with Gasteiger partial charge in [-0.15, -0.1) is 11.3 Å². The Bertz CT molecular complexity index is 1360. The first-order valence-electron chi connectivity index (χ1n) is 10.7. The maximum atomic E-state index is 15.7. The van der Waals surface area contributed by atoms with E-state index in [1.54, 1.807) is 24.4 Å². The molecule has 35 heavy (non-hydrogen) atoms. The van der Waals surface area contributed by atoms with E-state index in [0.717, 1.165) is 48.0 Å². The fourth-order valence-corrected chi connectivity index (χ4v) is 5.81. The van der Waals surface area contributed by atoms with Crippen molar-refractivity contribution in [2.75, 3.05) is 17.9 Å². The molecule has 0 amide bonds. The molecule has 0 saturated carbocycles. The van der Waals surface area contributed by atoms with Gasteiger partial charge in [-0.05, 0) is 72.8 Å². The van der Waals surface area contributed by atoms with Crippen LogP contribution >= 0.6 is 34.9 Å². The van der Waals surface area contributed by atoms with E-state index in [4.69, 9.17) is 21.3 Å². The van der Waals surface area contributed by atoms with Gasteiger partial charge in [-0.2, -0.15) is 0 Å². The third-order valence-electron chi connectivity index (χ3n) is 5.49. The number of nitrogens with zero attached hydrogens (tertiary/aromatic N) is 3. The van der Waals surface area contributed by atoms with Crippen LogP contribution < -0.4 is 4.72 Å². The number of halogens is 4. The fraction of sp³-hybridized carbons (Fsp3) is 0.208. The Balaban J connectivity index is 1.53. The second-order valence-corrected chi connectivity index (χ2v) is 9.99. The zero-order valence-corrected chi connectivity index (χ0v) is 20.5. The first-order chi connectivity index (χ1) is 17.0. The predicted octanol–water partition coefficient (Wildman–Crippen LogP) is 7.35.